The highest BCUT2D eigenvalue weighted by Crippen LogP contribution is 2.41. The van der Waals surface area contributed by atoms with E-state index in [0.29, 0.717) is 0 Å². The number of benzene rings is 4. The van der Waals surface area contributed by atoms with Crippen LogP contribution in [-0.2, 0) is 0 Å². The highest BCUT2D eigenvalue weighted by Gasteiger charge is 2.17. The van der Waals surface area contributed by atoms with Crippen molar-refractivity contribution in [2.45, 2.75) is 34.6 Å². The Morgan fingerprint density at radius 2 is 1.14 bits per heavy atom. The summed E-state index contributed by atoms with van der Waals surface area (Å²) >= 11 is 0. The molecule has 29 heavy (non-hydrogen) atoms. The van der Waals surface area contributed by atoms with E-state index in [2.05, 4.69) is 113 Å². The molecule has 0 atom stereocenters. The van der Waals surface area contributed by atoms with Crippen molar-refractivity contribution in [1.29, 1.82) is 0 Å². The number of rotatable bonds is 3. The fourth-order valence-electron chi connectivity index (χ4n) is 4.33. The highest BCUT2D eigenvalue weighted by atomic mass is 14.2. The van der Waals surface area contributed by atoms with Gasteiger partial charge in [-0.15, -0.1) is 0 Å². The summed E-state index contributed by atoms with van der Waals surface area (Å²) in [5.41, 5.74) is 14.4. The fraction of sp³-hybridized carbons (Fsp3) is 0.172. The summed E-state index contributed by atoms with van der Waals surface area (Å²) < 4.78 is 0. The van der Waals surface area contributed by atoms with E-state index in [9.17, 15) is 0 Å². The average Bonchev–Trinajstić information content (AvgIpc) is 2.70. The van der Waals surface area contributed by atoms with E-state index in [4.69, 9.17) is 0 Å². The van der Waals surface area contributed by atoms with Crippen molar-refractivity contribution in [1.82, 2.24) is 0 Å². The van der Waals surface area contributed by atoms with Crippen molar-refractivity contribution in [2.75, 3.05) is 0 Å². The van der Waals surface area contributed by atoms with Crippen molar-refractivity contribution in [3.05, 3.63) is 107 Å². The summed E-state index contributed by atoms with van der Waals surface area (Å²) in [5.74, 6) is 0. The molecule has 0 aliphatic heterocycles. The second-order valence-corrected chi connectivity index (χ2v) is 8.15. The minimum absolute atomic E-state index is 1.27. The first-order valence-electron chi connectivity index (χ1n) is 10.3. The third-order valence-electron chi connectivity index (χ3n) is 5.95. The zero-order chi connectivity index (χ0) is 20.5. The van der Waals surface area contributed by atoms with Crippen LogP contribution in [0, 0.1) is 34.6 Å². The van der Waals surface area contributed by atoms with Gasteiger partial charge in [0.15, 0.2) is 0 Å². The van der Waals surface area contributed by atoms with E-state index < -0.39 is 0 Å². The van der Waals surface area contributed by atoms with Crippen LogP contribution in [0.25, 0.3) is 33.4 Å². The lowest BCUT2D eigenvalue weighted by Crippen LogP contribution is -1.97. The summed E-state index contributed by atoms with van der Waals surface area (Å²) in [5, 5.41) is 0. The molecule has 0 fully saturated rings. The largest absolute Gasteiger partial charge is 0.0620 e. The zero-order valence-electron chi connectivity index (χ0n) is 18.0. The molecule has 4 aromatic rings. The first-order valence-corrected chi connectivity index (χ1v) is 10.3. The lowest BCUT2D eigenvalue weighted by Gasteiger charge is -2.21. The molecule has 0 radical (unpaired) electrons. The molecule has 0 amide bonds. The first-order chi connectivity index (χ1) is 14.0. The molecule has 0 aromatic heterocycles. The van der Waals surface area contributed by atoms with Crippen LogP contribution in [-0.4, -0.2) is 0 Å². The summed E-state index contributed by atoms with van der Waals surface area (Å²) in [6.07, 6.45) is 0. The topological polar surface area (TPSA) is 0 Å². The maximum atomic E-state index is 2.39. The Labute approximate surface area is 174 Å². The predicted molar refractivity (Wildman–Crippen MR) is 126 cm³/mol. The Hall–Kier alpha value is -3.12. The van der Waals surface area contributed by atoms with Crippen molar-refractivity contribution >= 4 is 0 Å². The van der Waals surface area contributed by atoms with E-state index in [-0.39, 0.29) is 0 Å². The van der Waals surface area contributed by atoms with Crippen LogP contribution >= 0.6 is 0 Å². The van der Waals surface area contributed by atoms with E-state index in [1.165, 1.54) is 61.2 Å². The molecule has 0 heterocycles. The molecule has 4 aromatic carbocycles. The van der Waals surface area contributed by atoms with Gasteiger partial charge in [-0.05, 0) is 90.8 Å². The van der Waals surface area contributed by atoms with Gasteiger partial charge in [0.05, 0.1) is 0 Å². The molecule has 0 aliphatic rings. The zero-order valence-corrected chi connectivity index (χ0v) is 18.0. The number of hydrogen-bond acceptors (Lipinski definition) is 0. The molecule has 0 N–H and O–H groups in total. The normalized spacial score (nSPS) is 10.9. The summed E-state index contributed by atoms with van der Waals surface area (Å²) in [6.45, 7) is 11.0. The standard InChI is InChI=1S/C29H28/c1-19-13-15-24(16-14-19)27-18-28(26-12-7-6-10-21(26)3)23(5)29(22(27)4)25-11-8-9-20(2)17-25/h6-18H,1-5H3. The van der Waals surface area contributed by atoms with E-state index >= 15 is 0 Å². The van der Waals surface area contributed by atoms with Crippen molar-refractivity contribution in [2.24, 2.45) is 0 Å². The van der Waals surface area contributed by atoms with Gasteiger partial charge in [0.2, 0.25) is 0 Å². The number of hydrogen-bond donors (Lipinski definition) is 0. The summed E-state index contributed by atoms with van der Waals surface area (Å²) in [7, 11) is 0. The smallest absolute Gasteiger partial charge is 0.0113 e. The van der Waals surface area contributed by atoms with E-state index in [1.54, 1.807) is 0 Å². The maximum absolute atomic E-state index is 2.39. The molecule has 0 saturated heterocycles. The van der Waals surface area contributed by atoms with Crippen molar-refractivity contribution in [3.8, 4) is 33.4 Å². The molecule has 0 bridgehead atoms. The van der Waals surface area contributed by atoms with Crippen LogP contribution in [0.3, 0.4) is 0 Å². The van der Waals surface area contributed by atoms with Gasteiger partial charge in [-0.3, -0.25) is 0 Å². The molecule has 0 saturated carbocycles. The quantitative estimate of drug-likeness (QED) is 0.338. The highest BCUT2D eigenvalue weighted by molar-refractivity contribution is 5.89. The second-order valence-electron chi connectivity index (χ2n) is 8.15. The molecule has 0 aliphatic carbocycles. The minimum Gasteiger partial charge on any atom is -0.0620 e. The van der Waals surface area contributed by atoms with Gasteiger partial charge in [-0.1, -0.05) is 83.9 Å². The van der Waals surface area contributed by atoms with Crippen LogP contribution in [0.4, 0.5) is 0 Å². The molecule has 0 spiro atoms. The number of aryl methyl sites for hydroxylation is 3. The minimum atomic E-state index is 1.27. The van der Waals surface area contributed by atoms with Gasteiger partial charge >= 0.3 is 0 Å². The van der Waals surface area contributed by atoms with Gasteiger partial charge in [-0.2, -0.15) is 0 Å². The Morgan fingerprint density at radius 3 is 1.83 bits per heavy atom. The summed E-state index contributed by atoms with van der Waals surface area (Å²) in [6, 6.07) is 28.8. The maximum Gasteiger partial charge on any atom is -0.0113 e. The summed E-state index contributed by atoms with van der Waals surface area (Å²) in [4.78, 5) is 0. The van der Waals surface area contributed by atoms with Crippen LogP contribution in [0.1, 0.15) is 27.8 Å². The third kappa shape index (κ3) is 3.63. The first kappa shape index (κ1) is 19.2. The lowest BCUT2D eigenvalue weighted by atomic mass is 9.83. The molecule has 0 unspecified atom stereocenters. The molecule has 0 heteroatoms. The predicted octanol–water partition coefficient (Wildman–Crippen LogP) is 8.23. The Morgan fingerprint density at radius 1 is 0.448 bits per heavy atom. The van der Waals surface area contributed by atoms with Crippen molar-refractivity contribution in [3.63, 3.8) is 0 Å². The molecule has 4 rings (SSSR count). The monoisotopic (exact) mass is 376 g/mol. The third-order valence-corrected chi connectivity index (χ3v) is 5.95. The molecule has 0 nitrogen and oxygen atoms in total. The molecular weight excluding hydrogens is 348 g/mol. The molecule has 144 valence electrons. The van der Waals surface area contributed by atoms with E-state index in [1.807, 2.05) is 0 Å². The van der Waals surface area contributed by atoms with Gasteiger partial charge in [0.25, 0.3) is 0 Å². The van der Waals surface area contributed by atoms with Gasteiger partial charge in [-0.25, -0.2) is 0 Å². The van der Waals surface area contributed by atoms with Gasteiger partial charge in [0.1, 0.15) is 0 Å². The van der Waals surface area contributed by atoms with Crippen LogP contribution < -0.4 is 0 Å². The SMILES string of the molecule is Cc1ccc(-c2cc(-c3ccccc3C)c(C)c(-c3cccc(C)c3)c2C)cc1. The average molecular weight is 377 g/mol. The van der Waals surface area contributed by atoms with Crippen molar-refractivity contribution < 1.29 is 0 Å². The lowest BCUT2D eigenvalue weighted by molar-refractivity contribution is 1.35. The van der Waals surface area contributed by atoms with Crippen LogP contribution in [0.15, 0.2) is 78.9 Å². The van der Waals surface area contributed by atoms with Crippen LogP contribution in [0.2, 0.25) is 0 Å². The fourth-order valence-corrected chi connectivity index (χ4v) is 4.33. The van der Waals surface area contributed by atoms with Gasteiger partial charge in [0, 0.05) is 0 Å². The Balaban J connectivity index is 2.07. The Bertz CT molecular complexity index is 1180. The van der Waals surface area contributed by atoms with Gasteiger partial charge < -0.3 is 0 Å². The van der Waals surface area contributed by atoms with E-state index in [0.717, 1.165) is 0 Å². The Kier molecular flexibility index (Phi) is 5.11. The van der Waals surface area contributed by atoms with Crippen LogP contribution in [0.5, 0.6) is 0 Å². The molecular formula is C29H28. The second kappa shape index (κ2) is 7.72.